The molecule has 0 fully saturated rings. The van der Waals surface area contributed by atoms with Crippen molar-refractivity contribution in [3.05, 3.63) is 47.5 Å². The maximum Gasteiger partial charge on any atom is 0.252 e. The van der Waals surface area contributed by atoms with Crippen LogP contribution in [0.1, 0.15) is 27.1 Å². The van der Waals surface area contributed by atoms with Crippen molar-refractivity contribution in [2.45, 2.75) is 11.3 Å². The standard InChI is InChI=1S/C20H22N2O6S/c1-26-14-10-12(11-15(27-2)18(14)28-3)20(25)29-16-7-5-4-6-13(16)19(24)22-9-8-17(21)23/h4-7,10-11H,8-9H2,1-3H3,(H2,21,23)(H,22,24). The van der Waals surface area contributed by atoms with Crippen molar-refractivity contribution in [3.8, 4) is 17.2 Å². The number of hydrogen-bond donors (Lipinski definition) is 2. The Bertz CT molecular complexity index is 891. The Kier molecular flexibility index (Phi) is 7.90. The number of benzene rings is 2. The van der Waals surface area contributed by atoms with Crippen molar-refractivity contribution in [1.82, 2.24) is 5.32 Å². The van der Waals surface area contributed by atoms with Gasteiger partial charge < -0.3 is 25.3 Å². The van der Waals surface area contributed by atoms with Crippen molar-refractivity contribution in [3.63, 3.8) is 0 Å². The van der Waals surface area contributed by atoms with Crippen molar-refractivity contribution in [1.29, 1.82) is 0 Å². The number of nitrogens with one attached hydrogen (secondary N) is 1. The summed E-state index contributed by atoms with van der Waals surface area (Å²) in [6, 6.07) is 9.79. The lowest BCUT2D eigenvalue weighted by Crippen LogP contribution is -2.28. The fraction of sp³-hybridized carbons (Fsp3) is 0.250. The van der Waals surface area contributed by atoms with E-state index >= 15 is 0 Å². The van der Waals surface area contributed by atoms with E-state index in [0.29, 0.717) is 33.3 Å². The summed E-state index contributed by atoms with van der Waals surface area (Å²) in [7, 11) is 4.40. The Balaban J connectivity index is 2.25. The van der Waals surface area contributed by atoms with E-state index in [1.807, 2.05) is 0 Å². The van der Waals surface area contributed by atoms with Crippen LogP contribution >= 0.6 is 11.8 Å². The molecule has 0 radical (unpaired) electrons. The molecule has 9 heteroatoms. The Morgan fingerprint density at radius 1 is 1.00 bits per heavy atom. The number of ether oxygens (including phenoxy) is 3. The van der Waals surface area contributed by atoms with Gasteiger partial charge in [0.05, 0.1) is 26.9 Å². The summed E-state index contributed by atoms with van der Waals surface area (Å²) < 4.78 is 15.8. The molecule has 0 spiro atoms. The fourth-order valence-corrected chi connectivity index (χ4v) is 3.35. The summed E-state index contributed by atoms with van der Waals surface area (Å²) >= 11 is 0.900. The molecule has 2 aromatic rings. The predicted octanol–water partition coefficient (Wildman–Crippen LogP) is 2.25. The zero-order valence-corrected chi connectivity index (χ0v) is 17.1. The molecule has 0 unspecified atom stereocenters. The van der Waals surface area contributed by atoms with Gasteiger partial charge in [0, 0.05) is 23.4 Å². The Morgan fingerprint density at radius 2 is 1.62 bits per heavy atom. The largest absolute Gasteiger partial charge is 0.493 e. The molecule has 8 nitrogen and oxygen atoms in total. The molecule has 0 aliphatic heterocycles. The van der Waals surface area contributed by atoms with Gasteiger partial charge in [-0.05, 0) is 36.0 Å². The molecular formula is C20H22N2O6S. The van der Waals surface area contributed by atoms with E-state index in [-0.39, 0.29) is 18.1 Å². The lowest BCUT2D eigenvalue weighted by atomic mass is 10.2. The normalized spacial score (nSPS) is 10.2. The van der Waals surface area contributed by atoms with Crippen molar-refractivity contribution >= 4 is 28.7 Å². The highest BCUT2D eigenvalue weighted by atomic mass is 32.2. The third-order valence-corrected chi connectivity index (χ3v) is 4.89. The van der Waals surface area contributed by atoms with Crippen LogP contribution in [-0.4, -0.2) is 44.8 Å². The molecule has 0 heterocycles. The van der Waals surface area contributed by atoms with E-state index in [9.17, 15) is 14.4 Å². The predicted molar refractivity (Wildman–Crippen MR) is 109 cm³/mol. The second-order valence-corrected chi connectivity index (χ2v) is 6.79. The number of primary amides is 1. The van der Waals surface area contributed by atoms with Gasteiger partial charge in [-0.1, -0.05) is 12.1 Å². The van der Waals surface area contributed by atoms with Gasteiger partial charge in [-0.2, -0.15) is 0 Å². The van der Waals surface area contributed by atoms with Crippen LogP contribution in [0.25, 0.3) is 0 Å². The highest BCUT2D eigenvalue weighted by Gasteiger charge is 2.20. The maximum absolute atomic E-state index is 12.8. The van der Waals surface area contributed by atoms with E-state index in [0.717, 1.165) is 11.8 Å². The monoisotopic (exact) mass is 418 g/mol. The summed E-state index contributed by atoms with van der Waals surface area (Å²) in [5.41, 5.74) is 5.73. The van der Waals surface area contributed by atoms with Gasteiger partial charge in [0.2, 0.25) is 16.8 Å². The number of thioether (sulfide) groups is 1. The molecule has 0 atom stereocenters. The lowest BCUT2D eigenvalue weighted by Gasteiger charge is -2.14. The van der Waals surface area contributed by atoms with Gasteiger partial charge in [0.25, 0.3) is 5.91 Å². The number of methoxy groups -OCH3 is 3. The smallest absolute Gasteiger partial charge is 0.252 e. The molecule has 0 saturated carbocycles. The first kappa shape index (κ1) is 22.1. The number of rotatable bonds is 9. The molecule has 0 aliphatic rings. The molecule has 0 bridgehead atoms. The summed E-state index contributed by atoms with van der Waals surface area (Å²) in [6.45, 7) is 0.119. The lowest BCUT2D eigenvalue weighted by molar-refractivity contribution is -0.117. The van der Waals surface area contributed by atoms with Crippen LogP contribution in [0.5, 0.6) is 17.2 Å². The van der Waals surface area contributed by atoms with Gasteiger partial charge in [0.15, 0.2) is 11.5 Å². The van der Waals surface area contributed by atoms with Crippen LogP contribution in [-0.2, 0) is 4.79 Å². The molecule has 0 aliphatic carbocycles. The molecule has 154 valence electrons. The minimum Gasteiger partial charge on any atom is -0.493 e. The second-order valence-electron chi connectivity index (χ2n) is 5.77. The minimum atomic E-state index is -0.509. The van der Waals surface area contributed by atoms with Crippen LogP contribution in [0.2, 0.25) is 0 Å². The van der Waals surface area contributed by atoms with Crippen LogP contribution < -0.4 is 25.3 Å². The second kappa shape index (κ2) is 10.4. The highest BCUT2D eigenvalue weighted by Crippen LogP contribution is 2.39. The number of amides is 2. The minimum absolute atomic E-state index is 0.0332. The topological polar surface area (TPSA) is 117 Å². The average molecular weight is 418 g/mol. The molecule has 2 amide bonds. The number of carbonyl (C=O) groups is 3. The zero-order valence-electron chi connectivity index (χ0n) is 16.3. The van der Waals surface area contributed by atoms with Crippen LogP contribution in [0, 0.1) is 0 Å². The van der Waals surface area contributed by atoms with Gasteiger partial charge in [-0.15, -0.1) is 0 Å². The fourth-order valence-electron chi connectivity index (χ4n) is 2.50. The van der Waals surface area contributed by atoms with Crippen LogP contribution in [0.4, 0.5) is 0 Å². The van der Waals surface area contributed by atoms with Gasteiger partial charge in [-0.3, -0.25) is 14.4 Å². The summed E-state index contributed by atoms with van der Waals surface area (Å²) in [4.78, 5) is 36.6. The van der Waals surface area contributed by atoms with E-state index in [1.54, 1.807) is 36.4 Å². The van der Waals surface area contributed by atoms with Crippen molar-refractivity contribution in [2.75, 3.05) is 27.9 Å². The Hall–Kier alpha value is -3.20. The zero-order chi connectivity index (χ0) is 21.4. The van der Waals surface area contributed by atoms with Crippen LogP contribution in [0.15, 0.2) is 41.3 Å². The third-order valence-electron chi connectivity index (χ3n) is 3.89. The van der Waals surface area contributed by atoms with Crippen molar-refractivity contribution < 1.29 is 28.6 Å². The van der Waals surface area contributed by atoms with Gasteiger partial charge >= 0.3 is 0 Å². The molecule has 29 heavy (non-hydrogen) atoms. The SMILES string of the molecule is COc1cc(C(=O)Sc2ccccc2C(=O)NCCC(N)=O)cc(OC)c1OC. The van der Waals surface area contributed by atoms with Crippen LogP contribution in [0.3, 0.4) is 0 Å². The Labute approximate surface area is 172 Å². The molecule has 2 rings (SSSR count). The first-order valence-corrected chi connectivity index (χ1v) is 9.40. The average Bonchev–Trinajstić information content (AvgIpc) is 2.72. The van der Waals surface area contributed by atoms with E-state index in [4.69, 9.17) is 19.9 Å². The number of nitrogens with two attached hydrogens (primary N) is 1. The molecule has 2 aromatic carbocycles. The van der Waals surface area contributed by atoms with E-state index < -0.39 is 11.8 Å². The summed E-state index contributed by atoms with van der Waals surface area (Å²) in [6.07, 6.45) is 0.0332. The van der Waals surface area contributed by atoms with Gasteiger partial charge in [-0.25, -0.2) is 0 Å². The molecule has 0 aromatic heterocycles. The molecule has 0 saturated heterocycles. The maximum atomic E-state index is 12.8. The van der Waals surface area contributed by atoms with E-state index in [1.165, 1.54) is 21.3 Å². The van der Waals surface area contributed by atoms with Gasteiger partial charge in [0.1, 0.15) is 0 Å². The van der Waals surface area contributed by atoms with E-state index in [2.05, 4.69) is 5.32 Å². The third kappa shape index (κ3) is 5.64. The Morgan fingerprint density at radius 3 is 2.17 bits per heavy atom. The number of carbonyl (C=O) groups excluding carboxylic acids is 3. The first-order chi connectivity index (χ1) is 13.9. The molecule has 3 N–H and O–H groups in total. The summed E-state index contributed by atoms with van der Waals surface area (Å²) in [5, 5.41) is 2.31. The summed E-state index contributed by atoms with van der Waals surface area (Å²) in [5.74, 6) is 0.185. The van der Waals surface area contributed by atoms with Crippen molar-refractivity contribution in [2.24, 2.45) is 5.73 Å². The number of hydrogen-bond acceptors (Lipinski definition) is 7. The molecular weight excluding hydrogens is 396 g/mol. The highest BCUT2D eigenvalue weighted by molar-refractivity contribution is 8.14. The first-order valence-electron chi connectivity index (χ1n) is 8.59. The quantitative estimate of drug-likeness (QED) is 0.600.